The lowest BCUT2D eigenvalue weighted by Crippen LogP contribution is -2.44. The van der Waals surface area contributed by atoms with Gasteiger partial charge in [0.2, 0.25) is 0 Å². The minimum Gasteiger partial charge on any atom is -0.383 e. The van der Waals surface area contributed by atoms with Crippen molar-refractivity contribution < 1.29 is 9.59 Å². The number of carbonyl (C=O) groups excluding carboxylic acids is 2. The van der Waals surface area contributed by atoms with E-state index in [1.807, 2.05) is 18.3 Å². The van der Waals surface area contributed by atoms with Gasteiger partial charge in [-0.25, -0.2) is 9.97 Å². The molecule has 2 aromatic heterocycles. The molecule has 0 bridgehead atoms. The highest BCUT2D eigenvalue weighted by atomic mass is 32.1. The molecule has 0 radical (unpaired) electrons. The molecule has 3 N–H and O–H groups in total. The lowest BCUT2D eigenvalue weighted by Gasteiger charge is -2.30. The van der Waals surface area contributed by atoms with Crippen LogP contribution in [0.2, 0.25) is 0 Å². The summed E-state index contributed by atoms with van der Waals surface area (Å²) in [7, 11) is 2.21. The summed E-state index contributed by atoms with van der Waals surface area (Å²) in [5, 5.41) is 3.95. The number of likely N-dealkylation sites (N-methyl/N-ethyl adjacent to an activating group) is 1. The van der Waals surface area contributed by atoms with E-state index in [4.69, 9.17) is 10.7 Å². The first-order valence-corrected chi connectivity index (χ1v) is 15.2. The number of nitrogens with zero attached hydrogens (tertiary/aromatic N) is 4. The van der Waals surface area contributed by atoms with Gasteiger partial charge >= 0.3 is 11.8 Å². The van der Waals surface area contributed by atoms with Crippen molar-refractivity contribution in [2.45, 2.75) is 72.6 Å². The Morgan fingerprint density at radius 3 is 2.56 bits per heavy atom. The van der Waals surface area contributed by atoms with Crippen LogP contribution in [-0.4, -0.2) is 64.8 Å². The molecule has 0 saturated carbocycles. The first-order valence-electron chi connectivity index (χ1n) is 14.4. The number of carbonyl (C=O) groups is 2. The van der Waals surface area contributed by atoms with E-state index in [0.29, 0.717) is 36.4 Å². The fourth-order valence-corrected chi connectivity index (χ4v) is 6.48. The quantitative estimate of drug-likeness (QED) is 0.475. The van der Waals surface area contributed by atoms with Gasteiger partial charge in [-0.2, -0.15) is 0 Å². The van der Waals surface area contributed by atoms with Gasteiger partial charge in [0.1, 0.15) is 5.82 Å². The second-order valence-electron chi connectivity index (χ2n) is 10.9. The summed E-state index contributed by atoms with van der Waals surface area (Å²) in [4.78, 5) is 38.6. The van der Waals surface area contributed by atoms with Crippen LogP contribution in [0.3, 0.4) is 0 Å². The van der Waals surface area contributed by atoms with E-state index in [0.717, 1.165) is 50.1 Å². The maximum Gasteiger partial charge on any atom is 0.313 e. The number of thiazole rings is 1. The average molecular weight is 555 g/mol. The minimum absolute atomic E-state index is 0.445. The van der Waals surface area contributed by atoms with Crippen LogP contribution in [-0.2, 0) is 22.4 Å². The van der Waals surface area contributed by atoms with E-state index in [-0.39, 0.29) is 0 Å². The SMILES string of the molecule is CC/C=C\c1nc([C@@H]2CN(C)CC2C)sc1CC.CCc1cc(NC(=O)C(=O)N2CCCC(C)C2)cnc1N. The van der Waals surface area contributed by atoms with Crippen LogP contribution < -0.4 is 11.1 Å². The third-order valence-corrected chi connectivity index (χ3v) is 8.81. The molecule has 0 aromatic carbocycles. The molecule has 2 amide bonds. The third kappa shape index (κ3) is 8.35. The molecular formula is C30H46N6O2S. The van der Waals surface area contributed by atoms with Gasteiger partial charge in [0.05, 0.1) is 22.6 Å². The van der Waals surface area contributed by atoms with Crippen LogP contribution >= 0.6 is 11.3 Å². The Hall–Kier alpha value is -2.78. The number of nitrogen functional groups attached to an aromatic ring is 1. The number of amides is 2. The van der Waals surface area contributed by atoms with Crippen molar-refractivity contribution in [3.8, 4) is 0 Å². The molecule has 2 unspecified atom stereocenters. The molecule has 2 aromatic rings. The largest absolute Gasteiger partial charge is 0.383 e. The summed E-state index contributed by atoms with van der Waals surface area (Å²) in [6, 6.07) is 1.76. The van der Waals surface area contributed by atoms with Gasteiger partial charge in [-0.15, -0.1) is 11.3 Å². The van der Waals surface area contributed by atoms with Gasteiger partial charge in [-0.05, 0) is 68.7 Å². The number of allylic oxidation sites excluding steroid dienone is 1. The Bertz CT molecular complexity index is 1150. The predicted molar refractivity (Wildman–Crippen MR) is 162 cm³/mol. The number of hydrogen-bond donors (Lipinski definition) is 2. The molecule has 3 atom stereocenters. The molecule has 4 rings (SSSR count). The summed E-state index contributed by atoms with van der Waals surface area (Å²) in [5.41, 5.74) is 8.29. The van der Waals surface area contributed by atoms with E-state index in [9.17, 15) is 9.59 Å². The van der Waals surface area contributed by atoms with Crippen molar-refractivity contribution in [1.82, 2.24) is 19.8 Å². The summed E-state index contributed by atoms with van der Waals surface area (Å²) >= 11 is 1.92. The average Bonchev–Trinajstić information content (AvgIpc) is 3.49. The number of piperidine rings is 1. The fourth-order valence-electron chi connectivity index (χ4n) is 5.26. The Labute approximate surface area is 238 Å². The molecule has 9 heteroatoms. The number of likely N-dealkylation sites (tertiary alicyclic amines) is 2. The number of pyridine rings is 1. The van der Waals surface area contributed by atoms with E-state index in [1.165, 1.54) is 28.3 Å². The summed E-state index contributed by atoms with van der Waals surface area (Å²) < 4.78 is 0. The highest BCUT2D eigenvalue weighted by Crippen LogP contribution is 2.35. The molecule has 2 aliphatic heterocycles. The predicted octanol–water partition coefficient (Wildman–Crippen LogP) is 5.22. The van der Waals surface area contributed by atoms with Crippen LogP contribution in [0.25, 0.3) is 6.08 Å². The smallest absolute Gasteiger partial charge is 0.313 e. The van der Waals surface area contributed by atoms with Gasteiger partial charge in [-0.3, -0.25) is 9.59 Å². The Morgan fingerprint density at radius 1 is 1.18 bits per heavy atom. The highest BCUT2D eigenvalue weighted by Gasteiger charge is 2.31. The van der Waals surface area contributed by atoms with Crippen LogP contribution in [0.4, 0.5) is 11.5 Å². The molecule has 4 heterocycles. The van der Waals surface area contributed by atoms with Crippen LogP contribution in [0.15, 0.2) is 18.3 Å². The number of aryl methyl sites for hydroxylation is 2. The first-order chi connectivity index (χ1) is 18.7. The summed E-state index contributed by atoms with van der Waals surface area (Å²) in [5.74, 6) is 1.17. The summed E-state index contributed by atoms with van der Waals surface area (Å²) in [6.07, 6.45) is 10.8. The standard InChI is InChI=1S/C15H22N4O2.C15H24N2S/c1-3-11-7-12(8-17-13(11)16)18-14(20)15(21)19-6-4-5-10(2)9-19;1-5-7-8-13-14(6-2)18-15(16-13)12-10-17(4)9-11(12)3/h7-8,10H,3-6,9H2,1-2H3,(H2,16,17)(H,18,20);7-8,11-12H,5-6,9-10H2,1-4H3/b;8-7-/t;11?,12-/m.1/s1. The van der Waals surface area contributed by atoms with Gasteiger partial charge in [0.25, 0.3) is 0 Å². The van der Waals surface area contributed by atoms with Crippen molar-refractivity contribution >= 4 is 40.7 Å². The molecule has 2 saturated heterocycles. The molecular weight excluding hydrogens is 508 g/mol. The van der Waals surface area contributed by atoms with Crippen molar-refractivity contribution in [1.29, 1.82) is 0 Å². The number of hydrogen-bond acceptors (Lipinski definition) is 7. The highest BCUT2D eigenvalue weighted by molar-refractivity contribution is 7.11. The number of aromatic nitrogens is 2. The maximum atomic E-state index is 12.1. The minimum atomic E-state index is -0.613. The van der Waals surface area contributed by atoms with Gasteiger partial charge in [0, 0.05) is 37.0 Å². The van der Waals surface area contributed by atoms with Crippen molar-refractivity contribution in [2.75, 3.05) is 44.3 Å². The molecule has 39 heavy (non-hydrogen) atoms. The number of nitrogens with two attached hydrogens (primary N) is 1. The van der Waals surface area contributed by atoms with E-state index in [1.54, 1.807) is 11.0 Å². The van der Waals surface area contributed by atoms with Crippen molar-refractivity contribution in [3.05, 3.63) is 39.5 Å². The zero-order valence-electron chi connectivity index (χ0n) is 24.5. The Morgan fingerprint density at radius 2 is 1.95 bits per heavy atom. The lowest BCUT2D eigenvalue weighted by molar-refractivity contribution is -0.144. The molecule has 0 aliphatic carbocycles. The lowest BCUT2D eigenvalue weighted by atomic mass is 9.99. The second-order valence-corrected chi connectivity index (χ2v) is 12.0. The second kappa shape index (κ2) is 14.6. The van der Waals surface area contributed by atoms with Crippen LogP contribution in [0.1, 0.15) is 80.9 Å². The van der Waals surface area contributed by atoms with Crippen molar-refractivity contribution in [2.24, 2.45) is 11.8 Å². The van der Waals surface area contributed by atoms with E-state index >= 15 is 0 Å². The van der Waals surface area contributed by atoms with Gasteiger partial charge in [0.15, 0.2) is 0 Å². The van der Waals surface area contributed by atoms with E-state index < -0.39 is 11.8 Å². The topological polar surface area (TPSA) is 104 Å². The molecule has 0 spiro atoms. The number of nitrogens with one attached hydrogen (secondary N) is 1. The maximum absolute atomic E-state index is 12.1. The third-order valence-electron chi connectivity index (χ3n) is 7.47. The molecule has 8 nitrogen and oxygen atoms in total. The van der Waals surface area contributed by atoms with Crippen LogP contribution in [0, 0.1) is 11.8 Å². The van der Waals surface area contributed by atoms with Gasteiger partial charge < -0.3 is 20.9 Å². The molecule has 214 valence electrons. The zero-order chi connectivity index (χ0) is 28.5. The van der Waals surface area contributed by atoms with Crippen LogP contribution in [0.5, 0.6) is 0 Å². The Balaban J connectivity index is 0.000000218. The van der Waals surface area contributed by atoms with Gasteiger partial charge in [-0.1, -0.05) is 40.7 Å². The monoisotopic (exact) mass is 554 g/mol. The normalized spacial score (nSPS) is 21.6. The molecule has 2 aliphatic rings. The zero-order valence-corrected chi connectivity index (χ0v) is 25.3. The fraction of sp³-hybridized carbons (Fsp3) is 0.600. The summed E-state index contributed by atoms with van der Waals surface area (Å²) in [6.45, 7) is 14.5. The number of rotatable bonds is 6. The Kier molecular flexibility index (Phi) is 11.5. The van der Waals surface area contributed by atoms with E-state index in [2.05, 4.69) is 62.1 Å². The molecule has 2 fully saturated rings. The number of anilines is 2. The van der Waals surface area contributed by atoms with Crippen molar-refractivity contribution in [3.63, 3.8) is 0 Å². The first kappa shape index (κ1) is 30.8.